The Hall–Kier alpha value is -3.16. The van der Waals surface area contributed by atoms with Crippen LogP contribution in [0.4, 0.5) is 14.5 Å². The molecule has 6 nitrogen and oxygen atoms in total. The molecule has 138 valence electrons. The minimum Gasteiger partial charge on any atom is -0.484 e. The van der Waals surface area contributed by atoms with Gasteiger partial charge in [-0.3, -0.25) is 9.59 Å². The quantitative estimate of drug-likeness (QED) is 0.755. The lowest BCUT2D eigenvalue weighted by atomic mass is 10.3. The maximum atomic E-state index is 13.4. The van der Waals surface area contributed by atoms with Gasteiger partial charge in [-0.15, -0.1) is 0 Å². The van der Waals surface area contributed by atoms with E-state index >= 15 is 0 Å². The zero-order valence-corrected chi connectivity index (χ0v) is 14.1. The number of rotatable bonds is 8. The fraction of sp³-hybridized carbons (Fsp3) is 0.222. The predicted molar refractivity (Wildman–Crippen MR) is 91.1 cm³/mol. The van der Waals surface area contributed by atoms with Gasteiger partial charge in [0.1, 0.15) is 11.6 Å². The molecule has 0 atom stereocenters. The molecular formula is C18H18F2N2O4. The van der Waals surface area contributed by atoms with E-state index in [2.05, 4.69) is 10.6 Å². The van der Waals surface area contributed by atoms with Crippen molar-refractivity contribution in [2.75, 3.05) is 25.1 Å². The van der Waals surface area contributed by atoms with Gasteiger partial charge >= 0.3 is 0 Å². The number of anilines is 1. The number of carbonyl (C=O) groups excluding carboxylic acids is 2. The molecule has 26 heavy (non-hydrogen) atoms. The second kappa shape index (κ2) is 9.36. The van der Waals surface area contributed by atoms with Gasteiger partial charge in [0.2, 0.25) is 0 Å². The van der Waals surface area contributed by atoms with Crippen molar-refractivity contribution in [3.8, 4) is 11.5 Å². The Bertz CT molecular complexity index is 766. The lowest BCUT2D eigenvalue weighted by molar-refractivity contribution is -0.123. The van der Waals surface area contributed by atoms with E-state index in [-0.39, 0.29) is 18.3 Å². The van der Waals surface area contributed by atoms with Crippen molar-refractivity contribution in [3.63, 3.8) is 0 Å². The summed E-state index contributed by atoms with van der Waals surface area (Å²) in [5, 5.41) is 5.17. The fourth-order valence-electron chi connectivity index (χ4n) is 1.96. The van der Waals surface area contributed by atoms with Gasteiger partial charge in [0.15, 0.2) is 24.8 Å². The second-order valence-corrected chi connectivity index (χ2v) is 5.18. The van der Waals surface area contributed by atoms with Crippen LogP contribution in [0.25, 0.3) is 0 Å². The van der Waals surface area contributed by atoms with Crippen molar-refractivity contribution in [1.82, 2.24) is 5.32 Å². The zero-order chi connectivity index (χ0) is 18.9. The van der Waals surface area contributed by atoms with Crippen LogP contribution in [-0.2, 0) is 9.59 Å². The molecule has 0 aliphatic heterocycles. The molecule has 0 spiro atoms. The fourth-order valence-corrected chi connectivity index (χ4v) is 1.96. The predicted octanol–water partition coefficient (Wildman–Crippen LogP) is 2.50. The van der Waals surface area contributed by atoms with Gasteiger partial charge in [-0.2, -0.15) is 0 Å². The van der Waals surface area contributed by atoms with E-state index < -0.39 is 24.1 Å². The smallest absolute Gasteiger partial charge is 0.262 e. The van der Waals surface area contributed by atoms with Crippen molar-refractivity contribution in [2.24, 2.45) is 0 Å². The molecule has 0 saturated carbocycles. The molecule has 0 saturated heterocycles. The van der Waals surface area contributed by atoms with Crippen molar-refractivity contribution < 1.29 is 27.8 Å². The number of carbonyl (C=O) groups is 2. The Labute approximate surface area is 149 Å². The standard InChI is InChI=1S/C18H18F2N2O4/c1-2-21-17(23)10-25-14-6-4-13(5-7-14)22-18(24)11-26-16-8-3-12(19)9-15(16)20/h3-9H,2,10-11H2,1H3,(H,21,23)(H,22,24). The van der Waals surface area contributed by atoms with Gasteiger partial charge in [0.05, 0.1) is 0 Å². The number of hydrogen-bond acceptors (Lipinski definition) is 4. The number of halogens is 2. The average molecular weight is 364 g/mol. The normalized spacial score (nSPS) is 10.1. The number of amides is 2. The SMILES string of the molecule is CCNC(=O)COc1ccc(NC(=O)COc2ccc(F)cc2F)cc1. The molecule has 0 heterocycles. The Morgan fingerprint density at radius 3 is 2.31 bits per heavy atom. The van der Waals surface area contributed by atoms with Crippen molar-refractivity contribution in [2.45, 2.75) is 6.92 Å². The minimum absolute atomic E-state index is 0.101. The van der Waals surface area contributed by atoms with E-state index in [9.17, 15) is 18.4 Å². The summed E-state index contributed by atoms with van der Waals surface area (Å²) in [6.45, 7) is 1.80. The summed E-state index contributed by atoms with van der Waals surface area (Å²) in [6.07, 6.45) is 0. The average Bonchev–Trinajstić information content (AvgIpc) is 2.61. The van der Waals surface area contributed by atoms with Crippen molar-refractivity contribution >= 4 is 17.5 Å². The van der Waals surface area contributed by atoms with E-state index in [0.717, 1.165) is 12.1 Å². The molecular weight excluding hydrogens is 346 g/mol. The lowest BCUT2D eigenvalue weighted by Gasteiger charge is -2.09. The summed E-state index contributed by atoms with van der Waals surface area (Å²) in [7, 11) is 0. The number of ether oxygens (including phenoxy) is 2. The van der Waals surface area contributed by atoms with Gasteiger partial charge in [-0.25, -0.2) is 8.78 Å². The van der Waals surface area contributed by atoms with Gasteiger partial charge in [-0.05, 0) is 43.3 Å². The molecule has 2 aromatic rings. The van der Waals surface area contributed by atoms with Crippen LogP contribution in [0.2, 0.25) is 0 Å². The molecule has 0 aliphatic rings. The Morgan fingerprint density at radius 1 is 0.962 bits per heavy atom. The summed E-state index contributed by atoms with van der Waals surface area (Å²) in [6, 6.07) is 9.18. The van der Waals surface area contributed by atoms with Gasteiger partial charge in [-0.1, -0.05) is 0 Å². The van der Waals surface area contributed by atoms with Gasteiger partial charge in [0, 0.05) is 18.3 Å². The molecule has 0 radical (unpaired) electrons. The first-order valence-corrected chi connectivity index (χ1v) is 7.85. The maximum absolute atomic E-state index is 13.4. The minimum atomic E-state index is -0.883. The first kappa shape index (κ1) is 19.2. The third-order valence-corrected chi connectivity index (χ3v) is 3.13. The Kier molecular flexibility index (Phi) is 6.90. The van der Waals surface area contributed by atoms with Crippen LogP contribution in [0.3, 0.4) is 0 Å². The summed E-state index contributed by atoms with van der Waals surface area (Å²) in [5.41, 5.74) is 0.475. The molecule has 2 aromatic carbocycles. The van der Waals surface area contributed by atoms with Crippen LogP contribution in [0, 0.1) is 11.6 Å². The molecule has 0 bridgehead atoms. The summed E-state index contributed by atoms with van der Waals surface area (Å²) in [4.78, 5) is 23.1. The molecule has 0 aliphatic carbocycles. The van der Waals surface area contributed by atoms with Crippen LogP contribution >= 0.6 is 0 Å². The molecule has 0 aromatic heterocycles. The molecule has 0 fully saturated rings. The third kappa shape index (κ3) is 6.04. The van der Waals surface area contributed by atoms with Crippen LogP contribution in [0.1, 0.15) is 6.92 Å². The highest BCUT2D eigenvalue weighted by Gasteiger charge is 2.09. The van der Waals surface area contributed by atoms with Gasteiger partial charge in [0.25, 0.3) is 11.8 Å². The van der Waals surface area contributed by atoms with Gasteiger partial charge < -0.3 is 20.1 Å². The van der Waals surface area contributed by atoms with E-state index in [1.165, 1.54) is 0 Å². The molecule has 2 amide bonds. The van der Waals surface area contributed by atoms with Crippen LogP contribution in [0.5, 0.6) is 11.5 Å². The summed E-state index contributed by atoms with van der Waals surface area (Å²) >= 11 is 0. The number of benzene rings is 2. The molecule has 8 heteroatoms. The second-order valence-electron chi connectivity index (χ2n) is 5.18. The number of likely N-dealkylation sites (N-methyl/N-ethyl adjacent to an activating group) is 1. The van der Waals surface area contributed by atoms with E-state index in [1.54, 1.807) is 24.3 Å². The lowest BCUT2D eigenvalue weighted by Crippen LogP contribution is -2.28. The molecule has 0 unspecified atom stereocenters. The molecule has 2 rings (SSSR count). The topological polar surface area (TPSA) is 76.7 Å². The largest absolute Gasteiger partial charge is 0.484 e. The van der Waals surface area contributed by atoms with Crippen molar-refractivity contribution in [3.05, 3.63) is 54.1 Å². The maximum Gasteiger partial charge on any atom is 0.262 e. The first-order valence-electron chi connectivity index (χ1n) is 7.85. The van der Waals surface area contributed by atoms with E-state index in [0.29, 0.717) is 24.0 Å². The zero-order valence-electron chi connectivity index (χ0n) is 14.1. The number of nitrogens with one attached hydrogen (secondary N) is 2. The van der Waals surface area contributed by atoms with Crippen molar-refractivity contribution in [1.29, 1.82) is 0 Å². The first-order chi connectivity index (χ1) is 12.5. The highest BCUT2D eigenvalue weighted by molar-refractivity contribution is 5.91. The highest BCUT2D eigenvalue weighted by Crippen LogP contribution is 2.18. The summed E-state index contributed by atoms with van der Waals surface area (Å²) < 4.78 is 36.5. The summed E-state index contributed by atoms with van der Waals surface area (Å²) in [5.74, 6) is -2.09. The van der Waals surface area contributed by atoms with E-state index in [1.807, 2.05) is 6.92 Å². The highest BCUT2D eigenvalue weighted by atomic mass is 19.1. The monoisotopic (exact) mass is 364 g/mol. The number of hydrogen-bond donors (Lipinski definition) is 2. The van der Waals surface area contributed by atoms with Crippen LogP contribution < -0.4 is 20.1 Å². The Balaban J connectivity index is 1.80. The molecule has 2 N–H and O–H groups in total. The van der Waals surface area contributed by atoms with E-state index in [4.69, 9.17) is 9.47 Å². The third-order valence-electron chi connectivity index (χ3n) is 3.13. The van der Waals surface area contributed by atoms with Crippen LogP contribution in [-0.4, -0.2) is 31.6 Å². The van der Waals surface area contributed by atoms with Crippen LogP contribution in [0.15, 0.2) is 42.5 Å². The Morgan fingerprint density at radius 2 is 1.65 bits per heavy atom.